The summed E-state index contributed by atoms with van der Waals surface area (Å²) in [7, 11) is 0. The number of hydrogen-bond acceptors (Lipinski definition) is 4. The number of amides is 1. The van der Waals surface area contributed by atoms with Crippen LogP contribution in [0.25, 0.3) is 5.69 Å². The number of aliphatic carboxylic acids is 1. The van der Waals surface area contributed by atoms with Crippen molar-refractivity contribution in [3.8, 4) is 5.69 Å². The van der Waals surface area contributed by atoms with Crippen LogP contribution in [-0.2, 0) is 4.79 Å². The van der Waals surface area contributed by atoms with E-state index in [0.29, 0.717) is 11.7 Å². The molecule has 0 saturated heterocycles. The number of carbonyl (C=O) groups excluding carboxylic acids is 1. The lowest BCUT2D eigenvalue weighted by Gasteiger charge is -2.25. The maximum Gasteiger partial charge on any atom is 0.326 e. The Bertz CT molecular complexity index is 839. The van der Waals surface area contributed by atoms with Crippen LogP contribution in [0, 0.1) is 6.92 Å². The largest absolute Gasteiger partial charge is 0.480 e. The first-order chi connectivity index (χ1) is 12.3. The number of aromatic nitrogens is 3. The molecule has 1 aliphatic rings. The molecular weight excluding hydrogens is 332 g/mol. The molecule has 1 heterocycles. The molecule has 1 N–H and O–H groups in total. The molecule has 1 fully saturated rings. The highest BCUT2D eigenvalue weighted by Crippen LogP contribution is 2.30. The van der Waals surface area contributed by atoms with Crippen LogP contribution in [-0.4, -0.2) is 48.7 Å². The SMILES string of the molecule is Cc1nc(C(=O)N(C2CC2)C(C)C(=O)O)nn1-c1ccccc1C(C)C. The molecule has 1 atom stereocenters. The second-order valence-corrected chi connectivity index (χ2v) is 7.07. The van der Waals surface area contributed by atoms with E-state index in [1.807, 2.05) is 24.3 Å². The summed E-state index contributed by atoms with van der Waals surface area (Å²) in [5.74, 6) is -0.511. The van der Waals surface area contributed by atoms with Crippen molar-refractivity contribution in [3.63, 3.8) is 0 Å². The van der Waals surface area contributed by atoms with Crippen molar-refractivity contribution in [2.45, 2.75) is 58.5 Å². The average Bonchev–Trinajstić information content (AvgIpc) is 3.35. The van der Waals surface area contributed by atoms with Gasteiger partial charge >= 0.3 is 5.97 Å². The summed E-state index contributed by atoms with van der Waals surface area (Å²) in [4.78, 5) is 30.0. The number of para-hydroxylation sites is 1. The topological polar surface area (TPSA) is 88.3 Å². The molecule has 1 aromatic heterocycles. The first-order valence-electron chi connectivity index (χ1n) is 8.89. The van der Waals surface area contributed by atoms with Crippen LogP contribution < -0.4 is 0 Å². The number of carboxylic acid groups (broad SMARTS) is 1. The lowest BCUT2D eigenvalue weighted by molar-refractivity contribution is -0.141. The number of hydrogen-bond donors (Lipinski definition) is 1. The molecule has 0 radical (unpaired) electrons. The first kappa shape index (κ1) is 18.1. The van der Waals surface area contributed by atoms with Gasteiger partial charge in [-0.05, 0) is 44.2 Å². The Kier molecular flexibility index (Phi) is 4.80. The lowest BCUT2D eigenvalue weighted by Crippen LogP contribution is -2.45. The minimum atomic E-state index is -1.02. The Morgan fingerprint density at radius 2 is 1.88 bits per heavy atom. The van der Waals surface area contributed by atoms with E-state index in [1.54, 1.807) is 11.6 Å². The van der Waals surface area contributed by atoms with Gasteiger partial charge in [0.15, 0.2) is 0 Å². The summed E-state index contributed by atoms with van der Waals surface area (Å²) in [6.07, 6.45) is 1.64. The van der Waals surface area contributed by atoms with Crippen LogP contribution in [0.4, 0.5) is 0 Å². The third-order valence-corrected chi connectivity index (χ3v) is 4.70. The molecule has 138 valence electrons. The summed E-state index contributed by atoms with van der Waals surface area (Å²) >= 11 is 0. The number of nitrogens with zero attached hydrogens (tertiary/aromatic N) is 4. The standard InChI is InChI=1S/C19H24N4O3/c1-11(2)15-7-5-6-8-16(15)23-13(4)20-17(21-23)18(24)22(14-9-10-14)12(3)19(25)26/h5-8,11-12,14H,9-10H2,1-4H3,(H,25,26). The van der Waals surface area contributed by atoms with E-state index in [1.165, 1.54) is 11.8 Å². The second kappa shape index (κ2) is 6.90. The van der Waals surface area contributed by atoms with Crippen molar-refractivity contribution in [3.05, 3.63) is 41.5 Å². The van der Waals surface area contributed by atoms with E-state index < -0.39 is 17.9 Å². The van der Waals surface area contributed by atoms with E-state index in [0.717, 1.165) is 24.1 Å². The van der Waals surface area contributed by atoms with Crippen LogP contribution in [0.5, 0.6) is 0 Å². The predicted octanol–water partition coefficient (Wildman–Crippen LogP) is 2.78. The zero-order chi connectivity index (χ0) is 19.0. The third-order valence-electron chi connectivity index (χ3n) is 4.70. The number of carbonyl (C=O) groups is 2. The summed E-state index contributed by atoms with van der Waals surface area (Å²) in [6, 6.07) is 6.94. The normalized spacial score (nSPS) is 15.1. The minimum Gasteiger partial charge on any atom is -0.480 e. The Morgan fingerprint density at radius 3 is 2.46 bits per heavy atom. The van der Waals surface area contributed by atoms with Gasteiger partial charge in [-0.15, -0.1) is 5.10 Å². The number of rotatable bonds is 6. The molecule has 0 spiro atoms. The second-order valence-electron chi connectivity index (χ2n) is 7.07. The molecular formula is C19H24N4O3. The van der Waals surface area contributed by atoms with E-state index in [9.17, 15) is 14.7 Å². The molecule has 1 saturated carbocycles. The van der Waals surface area contributed by atoms with Gasteiger partial charge < -0.3 is 10.0 Å². The maximum absolute atomic E-state index is 12.9. The summed E-state index contributed by atoms with van der Waals surface area (Å²) < 4.78 is 1.67. The van der Waals surface area contributed by atoms with E-state index in [4.69, 9.17) is 0 Å². The lowest BCUT2D eigenvalue weighted by atomic mass is 10.0. The fraction of sp³-hybridized carbons (Fsp3) is 0.474. The zero-order valence-electron chi connectivity index (χ0n) is 15.5. The average molecular weight is 356 g/mol. The van der Waals surface area contributed by atoms with Crippen LogP contribution in [0.3, 0.4) is 0 Å². The van der Waals surface area contributed by atoms with E-state index >= 15 is 0 Å². The highest BCUT2D eigenvalue weighted by Gasteiger charge is 2.40. The zero-order valence-corrected chi connectivity index (χ0v) is 15.5. The first-order valence-corrected chi connectivity index (χ1v) is 8.89. The summed E-state index contributed by atoms with van der Waals surface area (Å²) in [6.45, 7) is 7.51. The predicted molar refractivity (Wildman–Crippen MR) is 96.5 cm³/mol. The fourth-order valence-corrected chi connectivity index (χ4v) is 3.12. The van der Waals surface area contributed by atoms with Gasteiger partial charge in [0.1, 0.15) is 11.9 Å². The Balaban J connectivity index is 1.98. The van der Waals surface area contributed by atoms with Crippen LogP contribution in [0.1, 0.15) is 61.5 Å². The molecule has 1 amide bonds. The Morgan fingerprint density at radius 1 is 1.23 bits per heavy atom. The molecule has 26 heavy (non-hydrogen) atoms. The van der Waals surface area contributed by atoms with Crippen molar-refractivity contribution in [1.82, 2.24) is 19.7 Å². The van der Waals surface area contributed by atoms with Gasteiger partial charge in [0, 0.05) is 6.04 Å². The quantitative estimate of drug-likeness (QED) is 0.860. The molecule has 0 aliphatic heterocycles. The summed E-state index contributed by atoms with van der Waals surface area (Å²) in [5.41, 5.74) is 1.99. The molecule has 0 bridgehead atoms. The van der Waals surface area contributed by atoms with Crippen molar-refractivity contribution in [2.75, 3.05) is 0 Å². The van der Waals surface area contributed by atoms with Gasteiger partial charge in [-0.2, -0.15) is 0 Å². The summed E-state index contributed by atoms with van der Waals surface area (Å²) in [5, 5.41) is 13.7. The molecule has 1 unspecified atom stereocenters. The molecule has 3 rings (SSSR count). The van der Waals surface area contributed by atoms with E-state index in [-0.39, 0.29) is 11.9 Å². The maximum atomic E-state index is 12.9. The number of aryl methyl sites for hydroxylation is 1. The molecule has 7 nitrogen and oxygen atoms in total. The number of carboxylic acids is 1. The van der Waals surface area contributed by atoms with Gasteiger partial charge in [-0.1, -0.05) is 32.0 Å². The highest BCUT2D eigenvalue weighted by molar-refractivity contribution is 5.94. The smallest absolute Gasteiger partial charge is 0.326 e. The van der Waals surface area contributed by atoms with Gasteiger partial charge in [-0.3, -0.25) is 4.79 Å². The van der Waals surface area contributed by atoms with Crippen LogP contribution in [0.15, 0.2) is 24.3 Å². The molecule has 1 aliphatic carbocycles. The van der Waals surface area contributed by atoms with Gasteiger partial charge in [-0.25, -0.2) is 14.5 Å². The fourth-order valence-electron chi connectivity index (χ4n) is 3.12. The molecule has 1 aromatic carbocycles. The Hall–Kier alpha value is -2.70. The molecule has 2 aromatic rings. The van der Waals surface area contributed by atoms with Crippen molar-refractivity contribution in [2.24, 2.45) is 0 Å². The monoisotopic (exact) mass is 356 g/mol. The highest BCUT2D eigenvalue weighted by atomic mass is 16.4. The number of benzene rings is 1. The van der Waals surface area contributed by atoms with E-state index in [2.05, 4.69) is 23.9 Å². The molecule has 7 heteroatoms. The van der Waals surface area contributed by atoms with Crippen LogP contribution >= 0.6 is 0 Å². The van der Waals surface area contributed by atoms with Gasteiger partial charge in [0.25, 0.3) is 5.91 Å². The van der Waals surface area contributed by atoms with Crippen molar-refractivity contribution >= 4 is 11.9 Å². The van der Waals surface area contributed by atoms with Crippen molar-refractivity contribution < 1.29 is 14.7 Å². The minimum absolute atomic E-state index is 0.0381. The van der Waals surface area contributed by atoms with Crippen molar-refractivity contribution in [1.29, 1.82) is 0 Å². The Labute approximate surface area is 152 Å². The van der Waals surface area contributed by atoms with Gasteiger partial charge in [0.2, 0.25) is 5.82 Å². The van der Waals surface area contributed by atoms with Gasteiger partial charge in [0.05, 0.1) is 5.69 Å². The van der Waals surface area contributed by atoms with Crippen LogP contribution in [0.2, 0.25) is 0 Å². The third kappa shape index (κ3) is 3.34.